The Bertz CT molecular complexity index is 1440. The SMILES string of the molecule is COc1ccc(CC[C@@H](CC(=O)NO)C(=O)N[C@H](Cc2c[nH]c3ccccc23)C(=O)NOCc2ccccc2)cc1. The second kappa shape index (κ2) is 14.6. The molecule has 10 heteroatoms. The van der Waals surface area contributed by atoms with E-state index in [0.717, 1.165) is 27.6 Å². The molecule has 0 aliphatic heterocycles. The van der Waals surface area contributed by atoms with Crippen LogP contribution >= 0.6 is 0 Å². The molecule has 0 radical (unpaired) electrons. The highest BCUT2D eigenvalue weighted by Crippen LogP contribution is 2.21. The lowest BCUT2D eigenvalue weighted by Crippen LogP contribution is -2.50. The number of methoxy groups -OCH3 is 1. The van der Waals surface area contributed by atoms with Gasteiger partial charge in [-0.3, -0.25) is 24.4 Å². The normalized spacial score (nSPS) is 12.3. The van der Waals surface area contributed by atoms with E-state index in [4.69, 9.17) is 14.8 Å². The highest BCUT2D eigenvalue weighted by molar-refractivity contribution is 5.91. The number of carbonyl (C=O) groups excluding carboxylic acids is 3. The number of rotatable bonds is 14. The minimum atomic E-state index is -0.988. The van der Waals surface area contributed by atoms with Gasteiger partial charge in [-0.1, -0.05) is 60.7 Å². The molecule has 0 saturated carbocycles. The molecular formula is C31H34N4O6. The van der Waals surface area contributed by atoms with Crippen LogP contribution in [0, 0.1) is 5.92 Å². The maximum atomic E-state index is 13.5. The maximum absolute atomic E-state index is 13.5. The van der Waals surface area contributed by atoms with Gasteiger partial charge in [0.15, 0.2) is 0 Å². The molecule has 0 saturated heterocycles. The second-order valence-corrected chi connectivity index (χ2v) is 9.69. The zero-order valence-electron chi connectivity index (χ0n) is 22.8. The number of amides is 3. The van der Waals surface area contributed by atoms with Crippen LogP contribution in [0.2, 0.25) is 0 Å². The van der Waals surface area contributed by atoms with Crippen molar-refractivity contribution < 1.29 is 29.2 Å². The molecule has 0 aliphatic carbocycles. The predicted octanol–water partition coefficient (Wildman–Crippen LogP) is 3.60. The van der Waals surface area contributed by atoms with Gasteiger partial charge < -0.3 is 15.0 Å². The van der Waals surface area contributed by atoms with Crippen molar-refractivity contribution in [1.82, 2.24) is 21.3 Å². The summed E-state index contributed by atoms with van der Waals surface area (Å²) in [7, 11) is 1.58. The highest BCUT2D eigenvalue weighted by Gasteiger charge is 2.28. The molecule has 0 fully saturated rings. The number of para-hydroxylation sites is 1. The maximum Gasteiger partial charge on any atom is 0.266 e. The van der Waals surface area contributed by atoms with Crippen molar-refractivity contribution in [1.29, 1.82) is 0 Å². The van der Waals surface area contributed by atoms with E-state index < -0.39 is 29.7 Å². The Labute approximate surface area is 238 Å². The number of hydrogen-bond donors (Lipinski definition) is 5. The first-order chi connectivity index (χ1) is 20.0. The number of hydrogen-bond acceptors (Lipinski definition) is 6. The van der Waals surface area contributed by atoms with Crippen LogP contribution in [0.15, 0.2) is 85.1 Å². The van der Waals surface area contributed by atoms with E-state index in [2.05, 4.69) is 15.8 Å². The average Bonchev–Trinajstić information content (AvgIpc) is 3.42. The molecule has 0 aliphatic rings. The Hall–Kier alpha value is -4.67. The van der Waals surface area contributed by atoms with E-state index >= 15 is 0 Å². The van der Waals surface area contributed by atoms with Crippen molar-refractivity contribution in [3.8, 4) is 5.75 Å². The van der Waals surface area contributed by atoms with Crippen molar-refractivity contribution in [3.63, 3.8) is 0 Å². The first-order valence-corrected chi connectivity index (χ1v) is 13.3. The van der Waals surface area contributed by atoms with E-state index in [0.29, 0.717) is 18.6 Å². The smallest absolute Gasteiger partial charge is 0.266 e. The number of fused-ring (bicyclic) bond motifs is 1. The largest absolute Gasteiger partial charge is 0.497 e. The number of ether oxygens (including phenoxy) is 1. The summed E-state index contributed by atoms with van der Waals surface area (Å²) in [6.45, 7) is 0.154. The monoisotopic (exact) mass is 558 g/mol. The number of aromatic nitrogens is 1. The third-order valence-corrected chi connectivity index (χ3v) is 6.85. The molecular weight excluding hydrogens is 524 g/mol. The van der Waals surface area contributed by atoms with Crippen LogP contribution in [0.25, 0.3) is 10.9 Å². The van der Waals surface area contributed by atoms with Crippen molar-refractivity contribution in [2.75, 3.05) is 7.11 Å². The summed E-state index contributed by atoms with van der Waals surface area (Å²) in [5.74, 6) is -1.79. The molecule has 0 unspecified atom stereocenters. The van der Waals surface area contributed by atoms with Crippen molar-refractivity contribution >= 4 is 28.6 Å². The number of nitrogens with one attached hydrogen (secondary N) is 4. The average molecular weight is 559 g/mol. The first kappa shape index (κ1) is 29.3. The van der Waals surface area contributed by atoms with Crippen LogP contribution in [0.1, 0.15) is 29.5 Å². The summed E-state index contributed by atoms with van der Waals surface area (Å²) in [6, 6.07) is 23.5. The van der Waals surface area contributed by atoms with Crippen LogP contribution in [-0.2, 0) is 38.7 Å². The number of H-pyrrole nitrogens is 1. The van der Waals surface area contributed by atoms with Gasteiger partial charge in [-0.25, -0.2) is 11.0 Å². The van der Waals surface area contributed by atoms with E-state index in [9.17, 15) is 14.4 Å². The fraction of sp³-hybridized carbons (Fsp3) is 0.258. The van der Waals surface area contributed by atoms with Crippen LogP contribution < -0.4 is 21.0 Å². The number of aromatic amines is 1. The van der Waals surface area contributed by atoms with E-state index in [1.165, 1.54) is 0 Å². The summed E-state index contributed by atoms with van der Waals surface area (Å²) in [5.41, 5.74) is 7.64. The molecule has 4 aromatic rings. The molecule has 4 rings (SSSR count). The lowest BCUT2D eigenvalue weighted by atomic mass is 9.94. The Morgan fingerprint density at radius 3 is 2.37 bits per heavy atom. The van der Waals surface area contributed by atoms with Gasteiger partial charge >= 0.3 is 0 Å². The van der Waals surface area contributed by atoms with Crippen LogP contribution in [-0.4, -0.2) is 41.1 Å². The Morgan fingerprint density at radius 1 is 0.902 bits per heavy atom. The van der Waals surface area contributed by atoms with Gasteiger partial charge in [0.25, 0.3) is 5.91 Å². The molecule has 5 N–H and O–H groups in total. The first-order valence-electron chi connectivity index (χ1n) is 13.3. The minimum absolute atomic E-state index is 0.154. The third-order valence-electron chi connectivity index (χ3n) is 6.85. The molecule has 41 heavy (non-hydrogen) atoms. The molecule has 3 aromatic carbocycles. The quantitative estimate of drug-likeness (QED) is 0.118. The molecule has 3 amide bonds. The Balaban J connectivity index is 1.48. The summed E-state index contributed by atoms with van der Waals surface area (Å²) < 4.78 is 5.19. The van der Waals surface area contributed by atoms with Crippen molar-refractivity contribution in [2.24, 2.45) is 5.92 Å². The van der Waals surface area contributed by atoms with Gasteiger partial charge in [0.1, 0.15) is 11.8 Å². The fourth-order valence-electron chi connectivity index (χ4n) is 4.58. The number of carbonyl (C=O) groups is 3. The van der Waals surface area contributed by atoms with Crippen molar-refractivity contribution in [3.05, 3.63) is 102 Å². The van der Waals surface area contributed by atoms with Crippen LogP contribution in [0.3, 0.4) is 0 Å². The minimum Gasteiger partial charge on any atom is -0.497 e. The number of benzene rings is 3. The van der Waals surface area contributed by atoms with Gasteiger partial charge in [-0.05, 0) is 47.7 Å². The van der Waals surface area contributed by atoms with Gasteiger partial charge in [0.2, 0.25) is 11.8 Å². The topological polar surface area (TPSA) is 142 Å². The second-order valence-electron chi connectivity index (χ2n) is 9.69. The summed E-state index contributed by atoms with van der Waals surface area (Å²) in [4.78, 5) is 47.5. The molecule has 0 bridgehead atoms. The van der Waals surface area contributed by atoms with E-state index in [1.54, 1.807) is 12.6 Å². The van der Waals surface area contributed by atoms with Gasteiger partial charge in [0, 0.05) is 35.9 Å². The molecule has 2 atom stereocenters. The zero-order chi connectivity index (χ0) is 29.0. The van der Waals surface area contributed by atoms with E-state index in [-0.39, 0.29) is 19.4 Å². The number of aryl methyl sites for hydroxylation is 1. The van der Waals surface area contributed by atoms with E-state index in [1.807, 2.05) is 85.1 Å². The molecule has 10 nitrogen and oxygen atoms in total. The van der Waals surface area contributed by atoms with Crippen LogP contribution in [0.4, 0.5) is 0 Å². The van der Waals surface area contributed by atoms with Crippen molar-refractivity contribution in [2.45, 2.75) is 38.3 Å². The third kappa shape index (κ3) is 8.41. The highest BCUT2D eigenvalue weighted by atomic mass is 16.6. The lowest BCUT2D eigenvalue weighted by molar-refractivity contribution is -0.140. The molecule has 1 aromatic heterocycles. The standard InChI is InChI=1S/C31H34N4O6/c1-40-25-15-12-21(13-16-25)11-14-23(18-29(36)34-39)30(37)33-28(17-24-19-32-27-10-6-5-9-26(24)27)31(38)35-41-20-22-7-3-2-4-8-22/h2-10,12-13,15-16,19,23,28,32,39H,11,14,17-18,20H2,1H3,(H,33,37)(H,34,36)(H,35,38)/t23-,28+/m0/s1. The molecule has 1 heterocycles. The van der Waals surface area contributed by atoms with Gasteiger partial charge in [0.05, 0.1) is 13.7 Å². The van der Waals surface area contributed by atoms with Crippen LogP contribution in [0.5, 0.6) is 5.75 Å². The molecule has 0 spiro atoms. The zero-order valence-corrected chi connectivity index (χ0v) is 22.8. The lowest BCUT2D eigenvalue weighted by Gasteiger charge is -2.22. The van der Waals surface area contributed by atoms with Gasteiger partial charge in [-0.15, -0.1) is 0 Å². The molecule has 214 valence electrons. The summed E-state index contributed by atoms with van der Waals surface area (Å²) in [5, 5.41) is 12.9. The Morgan fingerprint density at radius 2 is 1.63 bits per heavy atom. The summed E-state index contributed by atoms with van der Waals surface area (Å²) in [6.07, 6.45) is 2.57. The van der Waals surface area contributed by atoms with Gasteiger partial charge in [-0.2, -0.15) is 0 Å². The Kier molecular flexibility index (Phi) is 10.5. The fourth-order valence-corrected chi connectivity index (χ4v) is 4.58. The number of hydroxylamine groups is 2. The predicted molar refractivity (Wildman–Crippen MR) is 153 cm³/mol. The summed E-state index contributed by atoms with van der Waals surface area (Å²) >= 11 is 0.